The Hall–Kier alpha value is -1.93. The lowest BCUT2D eigenvalue weighted by Crippen LogP contribution is -2.63. The van der Waals surface area contributed by atoms with Gasteiger partial charge in [-0.3, -0.25) is 19.8 Å². The maximum absolute atomic E-state index is 12.9. The third-order valence-corrected chi connectivity index (χ3v) is 5.29. The predicted molar refractivity (Wildman–Crippen MR) is 92.1 cm³/mol. The minimum atomic E-state index is -1.06. The van der Waals surface area contributed by atoms with E-state index in [1.165, 1.54) is 4.90 Å². The molecule has 0 aromatic heterocycles. The normalized spacial score (nSPS) is 27.3. The topological polar surface area (TPSA) is 85.0 Å². The lowest BCUT2D eigenvalue weighted by molar-refractivity contribution is -0.143. The summed E-state index contributed by atoms with van der Waals surface area (Å²) in [5, 5.41) is 4.29. The lowest BCUT2D eigenvalue weighted by Gasteiger charge is -2.39. The van der Waals surface area contributed by atoms with E-state index in [-0.39, 0.29) is 6.04 Å². The monoisotopic (exact) mass is 349 g/mol. The number of hydrazine groups is 1. The van der Waals surface area contributed by atoms with Crippen LogP contribution in [0.1, 0.15) is 32.1 Å². The van der Waals surface area contributed by atoms with Gasteiger partial charge >= 0.3 is 6.03 Å². The first-order valence-electron chi connectivity index (χ1n) is 9.04. The molecule has 2 saturated heterocycles. The molecule has 0 aromatic rings. The van der Waals surface area contributed by atoms with Gasteiger partial charge in [-0.15, -0.1) is 0 Å². The Morgan fingerprint density at radius 2 is 1.72 bits per heavy atom. The van der Waals surface area contributed by atoms with Crippen molar-refractivity contribution in [1.29, 1.82) is 0 Å². The molecule has 3 rings (SSSR count). The van der Waals surface area contributed by atoms with Gasteiger partial charge in [0.25, 0.3) is 0 Å². The third kappa shape index (κ3) is 3.85. The molecule has 8 heteroatoms. The molecule has 3 fully saturated rings. The minimum Gasteiger partial charge on any atom is -0.322 e. The molecular weight excluding hydrogens is 322 g/mol. The van der Waals surface area contributed by atoms with Crippen molar-refractivity contribution in [2.45, 2.75) is 38.1 Å². The summed E-state index contributed by atoms with van der Waals surface area (Å²) in [5.74, 6) is -2.10. The van der Waals surface area contributed by atoms with Crippen molar-refractivity contribution < 1.29 is 14.4 Å². The van der Waals surface area contributed by atoms with Crippen molar-refractivity contribution >= 4 is 17.8 Å². The zero-order chi connectivity index (χ0) is 18.0. The summed E-state index contributed by atoms with van der Waals surface area (Å²) in [7, 11) is 2.05. The van der Waals surface area contributed by atoms with Crippen molar-refractivity contribution in [3.63, 3.8) is 0 Å². The molecule has 2 N–H and O–H groups in total. The second-order valence-corrected chi connectivity index (χ2v) is 7.15. The van der Waals surface area contributed by atoms with Gasteiger partial charge in [0.1, 0.15) is 0 Å². The highest BCUT2D eigenvalue weighted by Crippen LogP contribution is 2.27. The molecule has 0 bridgehead atoms. The average molecular weight is 349 g/mol. The highest BCUT2D eigenvalue weighted by molar-refractivity contribution is 6.17. The van der Waals surface area contributed by atoms with Crippen molar-refractivity contribution in [2.24, 2.45) is 5.92 Å². The van der Waals surface area contributed by atoms with Crippen LogP contribution in [0.15, 0.2) is 12.3 Å². The fourth-order valence-corrected chi connectivity index (χ4v) is 3.77. The van der Waals surface area contributed by atoms with E-state index in [1.807, 2.05) is 5.01 Å². The first-order chi connectivity index (χ1) is 12.0. The first-order valence-corrected chi connectivity index (χ1v) is 9.04. The number of likely N-dealkylation sites (N-methyl/N-ethyl adjacent to an activating group) is 1. The van der Waals surface area contributed by atoms with E-state index in [2.05, 4.69) is 29.3 Å². The van der Waals surface area contributed by atoms with Gasteiger partial charge in [0.2, 0.25) is 11.8 Å². The van der Waals surface area contributed by atoms with Gasteiger partial charge in [0.15, 0.2) is 5.92 Å². The van der Waals surface area contributed by atoms with E-state index in [4.69, 9.17) is 0 Å². The number of nitrogens with zero attached hydrogens (tertiary/aromatic N) is 3. The van der Waals surface area contributed by atoms with Crippen LogP contribution in [0.5, 0.6) is 0 Å². The largest absolute Gasteiger partial charge is 0.331 e. The summed E-state index contributed by atoms with van der Waals surface area (Å²) in [6.45, 7) is 7.27. The Morgan fingerprint density at radius 3 is 2.36 bits per heavy atom. The average Bonchev–Trinajstić information content (AvgIpc) is 2.57. The zero-order valence-corrected chi connectivity index (χ0v) is 14.8. The number of carbonyl (C=O) groups is 3. The fraction of sp³-hybridized carbons (Fsp3) is 0.706. The second kappa shape index (κ2) is 7.53. The van der Waals surface area contributed by atoms with Gasteiger partial charge in [-0.25, -0.2) is 9.80 Å². The molecule has 25 heavy (non-hydrogen) atoms. The number of amides is 4. The molecule has 0 unspecified atom stereocenters. The van der Waals surface area contributed by atoms with Crippen LogP contribution in [0.4, 0.5) is 4.79 Å². The molecule has 1 saturated carbocycles. The Kier molecular flexibility index (Phi) is 5.39. The van der Waals surface area contributed by atoms with Crippen LogP contribution >= 0.6 is 0 Å². The Morgan fingerprint density at radius 1 is 1.08 bits per heavy atom. The van der Waals surface area contributed by atoms with E-state index in [1.54, 1.807) is 0 Å². The van der Waals surface area contributed by atoms with Crippen molar-refractivity contribution in [3.05, 3.63) is 12.3 Å². The van der Waals surface area contributed by atoms with Crippen LogP contribution in [0, 0.1) is 5.92 Å². The SMILES string of the molecule is C=C(NN1CCN(C)CC1)[C@H]1C(=O)NC(=O)N(C2CCCCC2)C1=O. The molecule has 1 atom stereocenters. The van der Waals surface area contributed by atoms with Crippen LogP contribution in [0.2, 0.25) is 0 Å². The smallest absolute Gasteiger partial charge is 0.322 e. The Bertz CT molecular complexity index is 565. The maximum Gasteiger partial charge on any atom is 0.331 e. The van der Waals surface area contributed by atoms with Gasteiger partial charge in [-0.05, 0) is 19.9 Å². The van der Waals surface area contributed by atoms with Crippen LogP contribution in [0.25, 0.3) is 0 Å². The van der Waals surface area contributed by atoms with E-state index >= 15 is 0 Å². The summed E-state index contributed by atoms with van der Waals surface area (Å²) in [4.78, 5) is 40.8. The van der Waals surface area contributed by atoms with Crippen LogP contribution in [0.3, 0.4) is 0 Å². The van der Waals surface area contributed by atoms with Crippen molar-refractivity contribution in [1.82, 2.24) is 25.6 Å². The Labute approximate surface area is 148 Å². The van der Waals surface area contributed by atoms with E-state index < -0.39 is 23.8 Å². The first kappa shape index (κ1) is 17.9. The number of piperazine rings is 1. The van der Waals surface area contributed by atoms with Crippen LogP contribution in [-0.2, 0) is 9.59 Å². The summed E-state index contributed by atoms with van der Waals surface area (Å²) in [5.41, 5.74) is 3.43. The summed E-state index contributed by atoms with van der Waals surface area (Å²) in [6, 6.07) is -0.709. The number of imide groups is 2. The number of nitrogens with one attached hydrogen (secondary N) is 2. The zero-order valence-electron chi connectivity index (χ0n) is 14.8. The molecule has 0 radical (unpaired) electrons. The van der Waals surface area contributed by atoms with Crippen molar-refractivity contribution in [2.75, 3.05) is 33.2 Å². The van der Waals surface area contributed by atoms with Crippen molar-refractivity contribution in [3.8, 4) is 0 Å². The maximum atomic E-state index is 12.9. The summed E-state index contributed by atoms with van der Waals surface area (Å²) in [6.07, 6.45) is 4.73. The van der Waals surface area contributed by atoms with E-state index in [0.29, 0.717) is 5.70 Å². The molecule has 138 valence electrons. The molecule has 1 aliphatic carbocycles. The predicted octanol–water partition coefficient (Wildman–Crippen LogP) is 0.279. The lowest BCUT2D eigenvalue weighted by atomic mass is 9.92. The molecule has 2 aliphatic heterocycles. The molecule has 3 aliphatic rings. The van der Waals surface area contributed by atoms with E-state index in [9.17, 15) is 14.4 Å². The molecule has 4 amide bonds. The molecule has 0 spiro atoms. The summed E-state index contributed by atoms with van der Waals surface area (Å²) >= 11 is 0. The van der Waals surface area contributed by atoms with Crippen LogP contribution < -0.4 is 10.7 Å². The second-order valence-electron chi connectivity index (χ2n) is 7.15. The van der Waals surface area contributed by atoms with Crippen LogP contribution in [-0.4, -0.2) is 71.9 Å². The third-order valence-electron chi connectivity index (χ3n) is 5.29. The standard InChI is InChI=1S/C17H27N5O3/c1-12(19-21-10-8-20(2)9-11-21)14-15(23)18-17(25)22(16(14)24)13-6-4-3-5-7-13/h13-14,19H,1,3-11H2,2H3,(H,18,23,25)/t14-/m0/s1. The fourth-order valence-electron chi connectivity index (χ4n) is 3.77. The summed E-state index contributed by atoms with van der Waals surface area (Å²) < 4.78 is 0. The molecule has 0 aromatic carbocycles. The minimum absolute atomic E-state index is 0.117. The number of hydrogen-bond acceptors (Lipinski definition) is 6. The number of hydrogen-bond donors (Lipinski definition) is 2. The number of carbonyl (C=O) groups excluding carboxylic acids is 3. The van der Waals surface area contributed by atoms with Gasteiger partial charge in [-0.2, -0.15) is 0 Å². The quantitative estimate of drug-likeness (QED) is 0.709. The van der Waals surface area contributed by atoms with E-state index in [0.717, 1.165) is 58.3 Å². The molecule has 8 nitrogen and oxygen atoms in total. The van der Waals surface area contributed by atoms with Gasteiger partial charge in [0.05, 0.1) is 0 Å². The number of rotatable bonds is 4. The number of urea groups is 1. The molecule has 2 heterocycles. The highest BCUT2D eigenvalue weighted by atomic mass is 16.2. The Balaban J connectivity index is 1.68. The highest BCUT2D eigenvalue weighted by Gasteiger charge is 2.45. The van der Waals surface area contributed by atoms with Gasteiger partial charge < -0.3 is 10.3 Å². The van der Waals surface area contributed by atoms with Gasteiger partial charge in [0, 0.05) is 37.9 Å². The molecular formula is C17H27N5O3. The number of barbiturate groups is 1. The van der Waals surface area contributed by atoms with Gasteiger partial charge in [-0.1, -0.05) is 25.8 Å².